The Morgan fingerprint density at radius 2 is 1.48 bits per heavy atom. The second-order valence-corrected chi connectivity index (χ2v) is 5.26. The molecule has 0 spiro atoms. The average Bonchev–Trinajstić information content (AvgIpc) is 2.55. The van der Waals surface area contributed by atoms with E-state index in [1.54, 1.807) is 0 Å². The molecule has 0 radical (unpaired) electrons. The van der Waals surface area contributed by atoms with Gasteiger partial charge in [0.1, 0.15) is 12.4 Å². The van der Waals surface area contributed by atoms with Crippen LogP contribution in [0.1, 0.15) is 11.1 Å². The fraction of sp³-hybridized carbons (Fsp3) is 0.111. The van der Waals surface area contributed by atoms with E-state index in [1.807, 2.05) is 60.7 Å². The first-order valence-corrected chi connectivity index (χ1v) is 7.24. The highest BCUT2D eigenvalue weighted by Crippen LogP contribution is 2.31. The van der Waals surface area contributed by atoms with Crippen LogP contribution < -0.4 is 10.5 Å². The summed E-state index contributed by atoms with van der Waals surface area (Å²) in [5.74, 6) is 0.835. The van der Waals surface area contributed by atoms with Gasteiger partial charge in [-0.15, -0.1) is 0 Å². The summed E-state index contributed by atoms with van der Waals surface area (Å²) in [5.41, 5.74) is 7.97. The summed E-state index contributed by atoms with van der Waals surface area (Å²) in [6.45, 7) is 1.01. The molecular weight excluding hydrogens is 282 g/mol. The summed E-state index contributed by atoms with van der Waals surface area (Å²) < 4.78 is 5.99. The molecular formula is C18H16ClNO. The molecule has 0 aromatic heterocycles. The molecule has 21 heavy (non-hydrogen) atoms. The summed E-state index contributed by atoms with van der Waals surface area (Å²) in [6, 6.07) is 19.8. The van der Waals surface area contributed by atoms with Crippen LogP contribution in [-0.4, -0.2) is 0 Å². The van der Waals surface area contributed by atoms with E-state index in [9.17, 15) is 0 Å². The van der Waals surface area contributed by atoms with Crippen molar-refractivity contribution in [1.29, 1.82) is 0 Å². The number of fused-ring (bicyclic) bond motifs is 1. The lowest BCUT2D eigenvalue weighted by Gasteiger charge is -2.12. The van der Waals surface area contributed by atoms with Crippen molar-refractivity contribution in [2.75, 3.05) is 0 Å². The number of halogens is 1. The van der Waals surface area contributed by atoms with Gasteiger partial charge in [-0.05, 0) is 23.3 Å². The van der Waals surface area contributed by atoms with Crippen molar-refractivity contribution in [3.63, 3.8) is 0 Å². The molecule has 3 heteroatoms. The van der Waals surface area contributed by atoms with Crippen molar-refractivity contribution in [3.8, 4) is 5.75 Å². The molecule has 0 atom stereocenters. The van der Waals surface area contributed by atoms with Crippen molar-refractivity contribution in [2.24, 2.45) is 5.73 Å². The van der Waals surface area contributed by atoms with Crippen LogP contribution in [-0.2, 0) is 13.2 Å². The first-order chi connectivity index (χ1) is 10.3. The van der Waals surface area contributed by atoms with E-state index in [4.69, 9.17) is 22.1 Å². The largest absolute Gasteiger partial charge is 0.488 e. The Morgan fingerprint density at radius 3 is 2.24 bits per heavy atom. The number of hydrogen-bond acceptors (Lipinski definition) is 2. The number of nitrogens with two attached hydrogens (primary N) is 1. The van der Waals surface area contributed by atoms with Gasteiger partial charge in [-0.25, -0.2) is 0 Å². The first-order valence-electron chi connectivity index (χ1n) is 6.86. The molecule has 3 aromatic rings. The minimum atomic E-state index is 0.499. The highest BCUT2D eigenvalue weighted by Gasteiger charge is 2.06. The van der Waals surface area contributed by atoms with Crippen LogP contribution in [0.3, 0.4) is 0 Å². The van der Waals surface area contributed by atoms with Crippen LogP contribution >= 0.6 is 11.6 Å². The first kappa shape index (κ1) is 13.9. The Kier molecular flexibility index (Phi) is 4.09. The molecule has 0 unspecified atom stereocenters. The Bertz CT molecular complexity index is 770. The van der Waals surface area contributed by atoms with Crippen molar-refractivity contribution in [2.45, 2.75) is 13.2 Å². The molecule has 0 bridgehead atoms. The number of hydrogen-bond donors (Lipinski definition) is 1. The van der Waals surface area contributed by atoms with Crippen LogP contribution in [0.5, 0.6) is 5.75 Å². The van der Waals surface area contributed by atoms with Crippen LogP contribution in [0, 0.1) is 0 Å². The second-order valence-electron chi connectivity index (χ2n) is 4.85. The minimum Gasteiger partial charge on any atom is -0.488 e. The molecule has 0 aliphatic heterocycles. The third-order valence-electron chi connectivity index (χ3n) is 3.55. The van der Waals surface area contributed by atoms with Gasteiger partial charge in [0.15, 0.2) is 0 Å². The lowest BCUT2D eigenvalue weighted by Crippen LogP contribution is -2.04. The molecule has 3 rings (SSSR count). The zero-order valence-corrected chi connectivity index (χ0v) is 12.3. The van der Waals surface area contributed by atoms with Crippen LogP contribution in [0.2, 0.25) is 5.02 Å². The molecule has 0 heterocycles. The lowest BCUT2D eigenvalue weighted by atomic mass is 10.1. The molecule has 0 amide bonds. The normalized spacial score (nSPS) is 10.8. The monoisotopic (exact) mass is 297 g/mol. The van der Waals surface area contributed by atoms with E-state index < -0.39 is 0 Å². The zero-order valence-electron chi connectivity index (χ0n) is 11.6. The summed E-state index contributed by atoms with van der Waals surface area (Å²) in [7, 11) is 0. The second kappa shape index (κ2) is 6.17. The predicted molar refractivity (Wildman–Crippen MR) is 87.6 cm³/mol. The van der Waals surface area contributed by atoms with Crippen LogP contribution in [0.4, 0.5) is 0 Å². The van der Waals surface area contributed by atoms with E-state index in [2.05, 4.69) is 0 Å². The number of ether oxygens (including phenoxy) is 1. The van der Waals surface area contributed by atoms with Gasteiger partial charge in [0.25, 0.3) is 0 Å². The maximum Gasteiger partial charge on any atom is 0.127 e. The topological polar surface area (TPSA) is 35.2 Å². The standard InChI is InChI=1S/C18H16ClNO/c19-17-9-10-18(16-8-4-3-7-15(16)17)21-12-14-6-2-1-5-13(14)11-20/h1-10H,11-12,20H2. The Morgan fingerprint density at radius 1 is 0.810 bits per heavy atom. The van der Waals surface area contributed by atoms with Crippen molar-refractivity contribution >= 4 is 22.4 Å². The number of rotatable bonds is 4. The van der Waals surface area contributed by atoms with Gasteiger partial charge in [0.2, 0.25) is 0 Å². The minimum absolute atomic E-state index is 0.499. The Labute approximate surface area is 129 Å². The highest BCUT2D eigenvalue weighted by atomic mass is 35.5. The van der Waals surface area contributed by atoms with E-state index >= 15 is 0 Å². The van der Waals surface area contributed by atoms with Gasteiger partial charge < -0.3 is 10.5 Å². The van der Waals surface area contributed by atoms with Gasteiger partial charge in [0, 0.05) is 22.3 Å². The fourth-order valence-electron chi connectivity index (χ4n) is 2.41. The van der Waals surface area contributed by atoms with Crippen LogP contribution in [0.15, 0.2) is 60.7 Å². The van der Waals surface area contributed by atoms with Crippen molar-refractivity contribution in [1.82, 2.24) is 0 Å². The van der Waals surface area contributed by atoms with E-state index in [0.29, 0.717) is 13.2 Å². The fourth-order valence-corrected chi connectivity index (χ4v) is 2.64. The maximum absolute atomic E-state index is 6.22. The SMILES string of the molecule is NCc1ccccc1COc1ccc(Cl)c2ccccc12. The summed E-state index contributed by atoms with van der Waals surface area (Å²) in [6.07, 6.45) is 0. The molecule has 0 saturated carbocycles. The molecule has 0 fully saturated rings. The van der Waals surface area contributed by atoms with Crippen molar-refractivity contribution < 1.29 is 4.74 Å². The van der Waals surface area contributed by atoms with Gasteiger partial charge in [-0.2, -0.15) is 0 Å². The number of benzene rings is 3. The molecule has 0 aliphatic rings. The molecule has 2 nitrogen and oxygen atoms in total. The third-order valence-corrected chi connectivity index (χ3v) is 3.88. The zero-order chi connectivity index (χ0) is 14.7. The molecule has 3 aromatic carbocycles. The van der Waals surface area contributed by atoms with Gasteiger partial charge in [-0.3, -0.25) is 0 Å². The predicted octanol–water partition coefficient (Wildman–Crippen LogP) is 4.53. The highest BCUT2D eigenvalue weighted by molar-refractivity contribution is 6.35. The third kappa shape index (κ3) is 2.87. The maximum atomic E-state index is 6.22. The van der Waals surface area contributed by atoms with Gasteiger partial charge in [-0.1, -0.05) is 60.1 Å². The van der Waals surface area contributed by atoms with Crippen molar-refractivity contribution in [3.05, 3.63) is 76.8 Å². The summed E-state index contributed by atoms with van der Waals surface area (Å²) in [5, 5.41) is 2.76. The average molecular weight is 298 g/mol. The smallest absolute Gasteiger partial charge is 0.127 e. The van der Waals surface area contributed by atoms with Gasteiger partial charge >= 0.3 is 0 Å². The van der Waals surface area contributed by atoms with E-state index in [1.165, 1.54) is 0 Å². The summed E-state index contributed by atoms with van der Waals surface area (Å²) >= 11 is 6.22. The summed E-state index contributed by atoms with van der Waals surface area (Å²) in [4.78, 5) is 0. The van der Waals surface area contributed by atoms with Gasteiger partial charge in [0.05, 0.1) is 0 Å². The molecule has 106 valence electrons. The molecule has 0 saturated heterocycles. The Hall–Kier alpha value is -2.03. The molecule has 0 aliphatic carbocycles. The van der Waals surface area contributed by atoms with E-state index in [0.717, 1.165) is 32.7 Å². The lowest BCUT2D eigenvalue weighted by molar-refractivity contribution is 0.309. The Balaban J connectivity index is 1.91. The quantitative estimate of drug-likeness (QED) is 0.768. The molecule has 2 N–H and O–H groups in total. The van der Waals surface area contributed by atoms with E-state index in [-0.39, 0.29) is 0 Å². The van der Waals surface area contributed by atoms with Crippen LogP contribution in [0.25, 0.3) is 10.8 Å².